The van der Waals surface area contributed by atoms with Crippen molar-refractivity contribution >= 4 is 22.7 Å². The van der Waals surface area contributed by atoms with Crippen LogP contribution in [0.4, 0.5) is 0 Å². The van der Waals surface area contributed by atoms with Crippen molar-refractivity contribution < 1.29 is 0 Å². The van der Waals surface area contributed by atoms with E-state index in [1.807, 2.05) is 30.3 Å². The number of nitriles is 1. The maximum atomic E-state index is 9.00. The van der Waals surface area contributed by atoms with Gasteiger partial charge in [-0.1, -0.05) is 25.1 Å². The van der Waals surface area contributed by atoms with E-state index in [4.69, 9.17) is 5.26 Å². The van der Waals surface area contributed by atoms with Gasteiger partial charge in [0.25, 0.3) is 0 Å². The Kier molecular flexibility index (Phi) is 2.89. The van der Waals surface area contributed by atoms with Crippen molar-refractivity contribution in [2.45, 2.75) is 11.9 Å². The van der Waals surface area contributed by atoms with E-state index in [1.165, 1.54) is 0 Å². The van der Waals surface area contributed by atoms with Crippen LogP contribution in [0.2, 0.25) is 0 Å². The molecule has 74 valence electrons. The number of benzene rings is 1. The Morgan fingerprint density at radius 1 is 1.40 bits per heavy atom. The van der Waals surface area contributed by atoms with Crippen molar-refractivity contribution in [3.05, 3.63) is 35.9 Å². The monoisotopic (exact) mass is 214 g/mol. The lowest BCUT2D eigenvalue weighted by Crippen LogP contribution is -1.88. The van der Waals surface area contributed by atoms with Crippen LogP contribution < -0.4 is 0 Å². The van der Waals surface area contributed by atoms with Crippen LogP contribution in [-0.2, 0) is 0 Å². The number of fused-ring (bicyclic) bond motifs is 1. The van der Waals surface area contributed by atoms with Crippen LogP contribution in [0.15, 0.2) is 35.4 Å². The van der Waals surface area contributed by atoms with Gasteiger partial charge in [0.05, 0.1) is 11.1 Å². The molecule has 0 bridgehead atoms. The largest absolute Gasteiger partial charge is 0.240 e. The first kappa shape index (κ1) is 10.0. The Morgan fingerprint density at radius 3 is 2.93 bits per heavy atom. The average Bonchev–Trinajstić information content (AvgIpc) is 2.28. The van der Waals surface area contributed by atoms with E-state index < -0.39 is 0 Å². The molecule has 0 atom stereocenters. The summed E-state index contributed by atoms with van der Waals surface area (Å²) in [7, 11) is 0. The Hall–Kier alpha value is -1.53. The van der Waals surface area contributed by atoms with Gasteiger partial charge in [0.15, 0.2) is 0 Å². The van der Waals surface area contributed by atoms with E-state index in [0.717, 1.165) is 21.7 Å². The van der Waals surface area contributed by atoms with Crippen LogP contribution in [-0.4, -0.2) is 10.7 Å². The van der Waals surface area contributed by atoms with Crippen LogP contribution in [0, 0.1) is 11.3 Å². The first-order valence-corrected chi connectivity index (χ1v) is 5.76. The third kappa shape index (κ3) is 1.95. The molecule has 0 amide bonds. The summed E-state index contributed by atoms with van der Waals surface area (Å²) in [5.74, 6) is 0.931. The highest BCUT2D eigenvalue weighted by atomic mass is 32.2. The number of thioether (sulfide) groups is 1. The summed E-state index contributed by atoms with van der Waals surface area (Å²) in [6.07, 6.45) is 0. The number of pyridine rings is 1. The van der Waals surface area contributed by atoms with Crippen molar-refractivity contribution in [1.82, 2.24) is 4.98 Å². The van der Waals surface area contributed by atoms with Crippen LogP contribution in [0.3, 0.4) is 0 Å². The molecule has 0 spiro atoms. The zero-order valence-corrected chi connectivity index (χ0v) is 9.21. The summed E-state index contributed by atoms with van der Waals surface area (Å²) >= 11 is 1.61. The van der Waals surface area contributed by atoms with Gasteiger partial charge in [-0.25, -0.2) is 4.98 Å². The zero-order chi connectivity index (χ0) is 10.7. The molecule has 0 aliphatic rings. The molecule has 15 heavy (non-hydrogen) atoms. The lowest BCUT2D eigenvalue weighted by Gasteiger charge is -2.03. The average molecular weight is 214 g/mol. The predicted molar refractivity (Wildman–Crippen MR) is 62.9 cm³/mol. The first-order valence-electron chi connectivity index (χ1n) is 4.78. The van der Waals surface area contributed by atoms with E-state index in [2.05, 4.69) is 18.0 Å². The van der Waals surface area contributed by atoms with Gasteiger partial charge >= 0.3 is 0 Å². The summed E-state index contributed by atoms with van der Waals surface area (Å²) in [6, 6.07) is 12.0. The third-order valence-corrected chi connectivity index (χ3v) is 2.96. The SMILES string of the molecule is CCSc1nc2ccccc2cc1C#N. The molecule has 1 aromatic heterocycles. The molecule has 0 aliphatic heterocycles. The Morgan fingerprint density at radius 2 is 2.20 bits per heavy atom. The van der Waals surface area contributed by atoms with Gasteiger partial charge in [0, 0.05) is 5.39 Å². The van der Waals surface area contributed by atoms with Crippen LogP contribution in [0.5, 0.6) is 0 Å². The van der Waals surface area contributed by atoms with Crippen molar-refractivity contribution in [3.8, 4) is 6.07 Å². The Labute approximate surface area is 92.9 Å². The maximum absolute atomic E-state index is 9.00. The molecular weight excluding hydrogens is 204 g/mol. The molecule has 1 aromatic carbocycles. The van der Waals surface area contributed by atoms with E-state index >= 15 is 0 Å². The van der Waals surface area contributed by atoms with Crippen LogP contribution in [0.25, 0.3) is 10.9 Å². The molecule has 0 saturated heterocycles. The van der Waals surface area contributed by atoms with Gasteiger partial charge in [-0.05, 0) is 17.9 Å². The summed E-state index contributed by atoms with van der Waals surface area (Å²) in [4.78, 5) is 4.48. The minimum Gasteiger partial charge on any atom is -0.240 e. The van der Waals surface area contributed by atoms with Gasteiger partial charge in [-0.2, -0.15) is 5.26 Å². The second kappa shape index (κ2) is 4.33. The maximum Gasteiger partial charge on any atom is 0.115 e. The van der Waals surface area contributed by atoms with Crippen molar-refractivity contribution in [1.29, 1.82) is 5.26 Å². The molecule has 3 heteroatoms. The second-order valence-electron chi connectivity index (χ2n) is 3.08. The standard InChI is InChI=1S/C12H10N2S/c1-2-15-12-10(8-13)7-9-5-3-4-6-11(9)14-12/h3-7H,2H2,1H3. The second-order valence-corrected chi connectivity index (χ2v) is 4.33. The fraction of sp³-hybridized carbons (Fsp3) is 0.167. The number of aromatic nitrogens is 1. The molecular formula is C12H10N2S. The fourth-order valence-electron chi connectivity index (χ4n) is 1.43. The number of hydrogen-bond donors (Lipinski definition) is 0. The highest BCUT2D eigenvalue weighted by Gasteiger charge is 2.05. The van der Waals surface area contributed by atoms with Gasteiger partial charge in [0.1, 0.15) is 11.1 Å². The highest BCUT2D eigenvalue weighted by molar-refractivity contribution is 7.99. The fourth-order valence-corrected chi connectivity index (χ4v) is 2.12. The lowest BCUT2D eigenvalue weighted by molar-refractivity contribution is 1.16. The summed E-state index contributed by atoms with van der Waals surface area (Å²) in [5.41, 5.74) is 1.62. The number of hydrogen-bond acceptors (Lipinski definition) is 3. The van der Waals surface area contributed by atoms with Gasteiger partial charge < -0.3 is 0 Å². The Bertz CT molecular complexity index is 529. The smallest absolute Gasteiger partial charge is 0.115 e. The Balaban J connectivity index is 2.65. The van der Waals surface area contributed by atoms with Crippen molar-refractivity contribution in [3.63, 3.8) is 0 Å². The van der Waals surface area contributed by atoms with Crippen LogP contribution >= 0.6 is 11.8 Å². The number of nitrogens with zero attached hydrogens (tertiary/aromatic N) is 2. The summed E-state index contributed by atoms with van der Waals surface area (Å²) < 4.78 is 0. The van der Waals surface area contributed by atoms with Gasteiger partial charge in [-0.15, -0.1) is 11.8 Å². The third-order valence-electron chi connectivity index (χ3n) is 2.09. The topological polar surface area (TPSA) is 36.7 Å². The molecule has 2 rings (SSSR count). The van der Waals surface area contributed by atoms with Gasteiger partial charge in [0.2, 0.25) is 0 Å². The van der Waals surface area contributed by atoms with E-state index in [0.29, 0.717) is 5.56 Å². The molecule has 0 aliphatic carbocycles. The first-order chi connectivity index (χ1) is 7.35. The summed E-state index contributed by atoms with van der Waals surface area (Å²) in [6.45, 7) is 2.06. The van der Waals surface area contributed by atoms with Gasteiger partial charge in [-0.3, -0.25) is 0 Å². The van der Waals surface area contributed by atoms with E-state index in [1.54, 1.807) is 11.8 Å². The normalized spacial score (nSPS) is 10.1. The molecule has 0 unspecified atom stereocenters. The molecule has 2 aromatic rings. The van der Waals surface area contributed by atoms with Crippen molar-refractivity contribution in [2.24, 2.45) is 0 Å². The lowest BCUT2D eigenvalue weighted by atomic mass is 10.2. The zero-order valence-electron chi connectivity index (χ0n) is 8.40. The van der Waals surface area contributed by atoms with Crippen LogP contribution in [0.1, 0.15) is 12.5 Å². The van der Waals surface area contributed by atoms with Crippen molar-refractivity contribution in [2.75, 3.05) is 5.75 Å². The molecule has 0 N–H and O–H groups in total. The molecule has 0 saturated carbocycles. The quantitative estimate of drug-likeness (QED) is 0.720. The molecule has 0 fully saturated rings. The summed E-state index contributed by atoms with van der Waals surface area (Å²) in [5, 5.41) is 10.9. The highest BCUT2D eigenvalue weighted by Crippen LogP contribution is 2.23. The van der Waals surface area contributed by atoms with E-state index in [9.17, 15) is 0 Å². The molecule has 1 heterocycles. The minimum atomic E-state index is 0.667. The predicted octanol–water partition coefficient (Wildman–Crippen LogP) is 3.22. The molecule has 2 nitrogen and oxygen atoms in total. The molecule has 0 radical (unpaired) electrons. The van der Waals surface area contributed by atoms with E-state index in [-0.39, 0.29) is 0 Å². The number of para-hydroxylation sites is 1. The minimum absolute atomic E-state index is 0.667. The number of rotatable bonds is 2.